The molecule has 5 heteroatoms. The lowest BCUT2D eigenvalue weighted by molar-refractivity contribution is -0.170. The van der Waals surface area contributed by atoms with E-state index in [4.69, 9.17) is 4.74 Å². The lowest BCUT2D eigenvalue weighted by atomic mass is 9.84. The Morgan fingerprint density at radius 1 is 1.33 bits per heavy atom. The molecule has 1 fully saturated rings. The van der Waals surface area contributed by atoms with E-state index in [2.05, 4.69) is 0 Å². The lowest BCUT2D eigenvalue weighted by Crippen LogP contribution is -2.63. The number of anilines is 1. The molecule has 2 rings (SSSR count). The Balaban J connectivity index is 2.31. The van der Waals surface area contributed by atoms with Gasteiger partial charge in [-0.05, 0) is 31.7 Å². The fourth-order valence-corrected chi connectivity index (χ4v) is 2.69. The van der Waals surface area contributed by atoms with E-state index in [9.17, 15) is 9.59 Å². The lowest BCUT2D eigenvalue weighted by Gasteiger charge is -2.41. The van der Waals surface area contributed by atoms with Crippen LogP contribution in [0.15, 0.2) is 24.3 Å². The Morgan fingerprint density at radius 2 is 1.95 bits per heavy atom. The molecule has 1 aliphatic rings. The van der Waals surface area contributed by atoms with Gasteiger partial charge in [-0.2, -0.15) is 0 Å². The number of carbonyl (C=O) groups excluding carboxylic acids is 2. The minimum absolute atomic E-state index is 0.175. The Morgan fingerprint density at radius 3 is 2.43 bits per heavy atom. The molecular formula is C16H22N2O3. The van der Waals surface area contributed by atoms with E-state index in [1.54, 1.807) is 11.9 Å². The molecular weight excluding hydrogens is 268 g/mol. The summed E-state index contributed by atoms with van der Waals surface area (Å²) in [5.74, 6) is -0.619. The van der Waals surface area contributed by atoms with Crippen LogP contribution in [0, 0.1) is 0 Å². The van der Waals surface area contributed by atoms with E-state index >= 15 is 0 Å². The van der Waals surface area contributed by atoms with Crippen LogP contribution in [0.3, 0.4) is 0 Å². The second kappa shape index (κ2) is 5.85. The van der Waals surface area contributed by atoms with E-state index in [0.717, 1.165) is 11.3 Å². The third kappa shape index (κ3) is 2.78. The molecule has 0 amide bonds. The maximum atomic E-state index is 12.3. The van der Waals surface area contributed by atoms with E-state index in [-0.39, 0.29) is 5.78 Å². The molecule has 5 nitrogen and oxygen atoms in total. The first-order valence-electron chi connectivity index (χ1n) is 7.03. The summed E-state index contributed by atoms with van der Waals surface area (Å²) in [4.78, 5) is 28.2. The van der Waals surface area contributed by atoms with E-state index < -0.39 is 11.5 Å². The summed E-state index contributed by atoms with van der Waals surface area (Å²) >= 11 is 0. The van der Waals surface area contributed by atoms with Crippen LogP contribution in [-0.4, -0.2) is 56.5 Å². The van der Waals surface area contributed by atoms with E-state index in [0.29, 0.717) is 19.6 Å². The first-order chi connectivity index (χ1) is 9.87. The van der Waals surface area contributed by atoms with Gasteiger partial charge in [-0.3, -0.25) is 9.69 Å². The maximum absolute atomic E-state index is 12.3. The standard InChI is InChI=1S/C16H22N2O3/c1-12(19)16(15(20)21-10-9-18(16)4)11-13-5-7-14(8-6-13)17(2)3/h5-8H,9-11H2,1-4H3. The molecule has 1 heterocycles. The van der Waals surface area contributed by atoms with Crippen molar-refractivity contribution in [1.82, 2.24) is 4.90 Å². The molecule has 0 aliphatic carbocycles. The van der Waals surface area contributed by atoms with Gasteiger partial charge in [-0.1, -0.05) is 12.1 Å². The number of cyclic esters (lactones) is 1. The number of hydrogen-bond donors (Lipinski definition) is 0. The van der Waals surface area contributed by atoms with Gasteiger partial charge >= 0.3 is 5.97 Å². The first kappa shape index (κ1) is 15.5. The van der Waals surface area contributed by atoms with Crippen LogP contribution in [0.25, 0.3) is 0 Å². The van der Waals surface area contributed by atoms with Crippen LogP contribution in [0.2, 0.25) is 0 Å². The number of ketones is 1. The summed E-state index contributed by atoms with van der Waals surface area (Å²) < 4.78 is 5.15. The van der Waals surface area contributed by atoms with Crippen LogP contribution >= 0.6 is 0 Å². The van der Waals surface area contributed by atoms with Crippen molar-refractivity contribution in [3.05, 3.63) is 29.8 Å². The highest BCUT2D eigenvalue weighted by molar-refractivity contribution is 6.08. The molecule has 1 aromatic carbocycles. The molecule has 1 saturated heterocycles. The highest BCUT2D eigenvalue weighted by Crippen LogP contribution is 2.27. The molecule has 0 N–H and O–H groups in total. The average Bonchev–Trinajstić information content (AvgIpc) is 2.43. The van der Waals surface area contributed by atoms with Gasteiger partial charge in [-0.15, -0.1) is 0 Å². The molecule has 0 bridgehead atoms. The number of hydrogen-bond acceptors (Lipinski definition) is 5. The molecule has 0 radical (unpaired) electrons. The highest BCUT2D eigenvalue weighted by Gasteiger charge is 2.50. The minimum Gasteiger partial charge on any atom is -0.463 e. The number of ether oxygens (including phenoxy) is 1. The van der Waals surface area contributed by atoms with Crippen molar-refractivity contribution in [2.75, 3.05) is 39.2 Å². The monoisotopic (exact) mass is 290 g/mol. The largest absolute Gasteiger partial charge is 0.463 e. The van der Waals surface area contributed by atoms with Crippen molar-refractivity contribution < 1.29 is 14.3 Å². The van der Waals surface area contributed by atoms with Gasteiger partial charge in [0.25, 0.3) is 0 Å². The van der Waals surface area contributed by atoms with Crippen molar-refractivity contribution in [1.29, 1.82) is 0 Å². The van der Waals surface area contributed by atoms with Crippen molar-refractivity contribution in [3.8, 4) is 0 Å². The molecule has 21 heavy (non-hydrogen) atoms. The van der Waals surface area contributed by atoms with Gasteiger partial charge in [0.05, 0.1) is 0 Å². The second-order valence-electron chi connectivity index (χ2n) is 5.71. The number of nitrogens with zero attached hydrogens (tertiary/aromatic N) is 2. The molecule has 114 valence electrons. The Kier molecular flexibility index (Phi) is 4.32. The normalized spacial score (nSPS) is 22.8. The smallest absolute Gasteiger partial charge is 0.334 e. The Bertz CT molecular complexity index is 539. The van der Waals surface area contributed by atoms with Crippen molar-refractivity contribution in [2.45, 2.75) is 18.9 Å². The summed E-state index contributed by atoms with van der Waals surface area (Å²) in [7, 11) is 5.74. The number of carbonyl (C=O) groups is 2. The predicted molar refractivity (Wildman–Crippen MR) is 81.5 cm³/mol. The third-order valence-electron chi connectivity index (χ3n) is 4.14. The van der Waals surface area contributed by atoms with Gasteiger partial charge < -0.3 is 9.64 Å². The third-order valence-corrected chi connectivity index (χ3v) is 4.14. The van der Waals surface area contributed by atoms with Gasteiger partial charge in [-0.25, -0.2) is 4.79 Å². The quantitative estimate of drug-likeness (QED) is 0.614. The number of benzene rings is 1. The molecule has 1 unspecified atom stereocenters. The zero-order chi connectivity index (χ0) is 15.6. The number of rotatable bonds is 4. The summed E-state index contributed by atoms with van der Waals surface area (Å²) in [6.45, 7) is 2.36. The van der Waals surface area contributed by atoms with Crippen LogP contribution in [-0.2, 0) is 20.7 Å². The van der Waals surface area contributed by atoms with Crippen LogP contribution in [0.4, 0.5) is 5.69 Å². The maximum Gasteiger partial charge on any atom is 0.334 e. The van der Waals surface area contributed by atoms with Gasteiger partial charge in [0.2, 0.25) is 0 Å². The van der Waals surface area contributed by atoms with Gasteiger partial charge in [0.1, 0.15) is 6.61 Å². The molecule has 0 spiro atoms. The summed E-state index contributed by atoms with van der Waals surface area (Å²) in [6.07, 6.45) is 0.339. The minimum atomic E-state index is -1.20. The summed E-state index contributed by atoms with van der Waals surface area (Å²) in [5, 5.41) is 0. The SMILES string of the molecule is CC(=O)C1(Cc2ccc(N(C)C)cc2)C(=O)OCCN1C. The number of likely N-dealkylation sites (N-methyl/N-ethyl adjacent to an activating group) is 1. The van der Waals surface area contributed by atoms with Crippen LogP contribution in [0.5, 0.6) is 0 Å². The predicted octanol–water partition coefficient (Wildman–Crippen LogP) is 1.11. The van der Waals surface area contributed by atoms with Crippen molar-refractivity contribution >= 4 is 17.4 Å². The number of morpholine rings is 1. The molecule has 0 aromatic heterocycles. The molecule has 0 saturated carbocycles. The summed E-state index contributed by atoms with van der Waals surface area (Å²) in [6, 6.07) is 7.88. The molecule has 1 aliphatic heterocycles. The zero-order valence-corrected chi connectivity index (χ0v) is 13.0. The Labute approximate surface area is 125 Å². The van der Waals surface area contributed by atoms with Crippen LogP contribution < -0.4 is 4.90 Å². The van der Waals surface area contributed by atoms with E-state index in [1.165, 1.54) is 6.92 Å². The molecule has 1 aromatic rings. The van der Waals surface area contributed by atoms with Gasteiger partial charge in [0.15, 0.2) is 11.3 Å². The fourth-order valence-electron chi connectivity index (χ4n) is 2.69. The number of esters is 1. The first-order valence-corrected chi connectivity index (χ1v) is 7.03. The Hall–Kier alpha value is -1.88. The van der Waals surface area contributed by atoms with Crippen molar-refractivity contribution in [2.24, 2.45) is 0 Å². The van der Waals surface area contributed by atoms with Crippen LogP contribution in [0.1, 0.15) is 12.5 Å². The number of Topliss-reactive ketones (excluding diaryl/α,β-unsaturated/α-hetero) is 1. The summed E-state index contributed by atoms with van der Waals surface area (Å²) in [5.41, 5.74) is 0.828. The average molecular weight is 290 g/mol. The molecule has 1 atom stereocenters. The topological polar surface area (TPSA) is 49.9 Å². The highest BCUT2D eigenvalue weighted by atomic mass is 16.5. The van der Waals surface area contributed by atoms with E-state index in [1.807, 2.05) is 43.3 Å². The second-order valence-corrected chi connectivity index (χ2v) is 5.71. The van der Waals surface area contributed by atoms with Gasteiger partial charge in [0, 0.05) is 32.7 Å². The fraction of sp³-hybridized carbons (Fsp3) is 0.500. The van der Waals surface area contributed by atoms with Crippen molar-refractivity contribution in [3.63, 3.8) is 0 Å². The zero-order valence-electron chi connectivity index (χ0n) is 13.0.